The van der Waals surface area contributed by atoms with Crippen LogP contribution < -0.4 is 0 Å². The Morgan fingerprint density at radius 2 is 1.30 bits per heavy atom. The number of phenols is 3. The maximum Gasteiger partial charge on any atom is 0.200 e. The minimum absolute atomic E-state index is 0. The summed E-state index contributed by atoms with van der Waals surface area (Å²) in [5, 5.41) is 26.1. The molecular formula is C6H7O4. The van der Waals surface area contributed by atoms with E-state index in [4.69, 9.17) is 15.3 Å². The molecule has 0 saturated heterocycles. The molecule has 0 atom stereocenters. The first-order valence-electron chi connectivity index (χ1n) is 2.41. The van der Waals surface area contributed by atoms with Gasteiger partial charge in [0, 0.05) is 0 Å². The molecule has 0 aliphatic carbocycles. The zero-order valence-electron chi connectivity index (χ0n) is 5.02. The standard InChI is InChI=1S/C6H6O3.HO/c7-4-2-1-3-5(8)6(4)9;/h1-3,7-9H;1H. The number of phenolic OH excluding ortho intramolecular Hbond substituents is 3. The van der Waals surface area contributed by atoms with Crippen molar-refractivity contribution in [3.05, 3.63) is 18.2 Å². The summed E-state index contributed by atoms with van der Waals surface area (Å²) < 4.78 is 0. The molecule has 0 amide bonds. The van der Waals surface area contributed by atoms with Crippen LogP contribution >= 0.6 is 0 Å². The lowest BCUT2D eigenvalue weighted by Gasteiger charge is -1.96. The Bertz CT molecular complexity index is 201. The Labute approximate surface area is 57.3 Å². The van der Waals surface area contributed by atoms with E-state index in [0.29, 0.717) is 0 Å². The summed E-state index contributed by atoms with van der Waals surface area (Å²) in [5.74, 6) is -1.09. The lowest BCUT2D eigenvalue weighted by atomic mass is 10.3. The van der Waals surface area contributed by atoms with Crippen LogP contribution in [0.3, 0.4) is 0 Å². The van der Waals surface area contributed by atoms with Crippen molar-refractivity contribution in [3.63, 3.8) is 0 Å². The number of aromatic hydroxyl groups is 3. The van der Waals surface area contributed by atoms with Gasteiger partial charge in [-0.2, -0.15) is 0 Å². The molecule has 4 nitrogen and oxygen atoms in total. The molecule has 10 heavy (non-hydrogen) atoms. The minimum atomic E-state index is -0.475. The molecule has 1 aromatic rings. The van der Waals surface area contributed by atoms with Crippen LogP contribution in [0.15, 0.2) is 18.2 Å². The molecule has 4 heteroatoms. The number of benzene rings is 1. The van der Waals surface area contributed by atoms with Crippen LogP contribution in [0, 0.1) is 0 Å². The number of hydrogen-bond donors (Lipinski definition) is 4. The minimum Gasteiger partial charge on any atom is -0.504 e. The molecule has 0 heterocycles. The first-order chi connectivity index (χ1) is 4.22. The predicted octanol–water partition coefficient (Wildman–Crippen LogP) is 0.627. The van der Waals surface area contributed by atoms with E-state index in [9.17, 15) is 0 Å². The van der Waals surface area contributed by atoms with Crippen molar-refractivity contribution in [2.45, 2.75) is 0 Å². The maximum absolute atomic E-state index is 8.71. The molecule has 0 aliphatic heterocycles. The average Bonchev–Trinajstić information content (AvgIpc) is 1.83. The van der Waals surface area contributed by atoms with Gasteiger partial charge in [-0.15, -0.1) is 0 Å². The van der Waals surface area contributed by atoms with Crippen molar-refractivity contribution >= 4 is 0 Å². The first kappa shape index (κ1) is 8.58. The van der Waals surface area contributed by atoms with Crippen LogP contribution in [0.5, 0.6) is 17.2 Å². The molecular weight excluding hydrogens is 136 g/mol. The highest BCUT2D eigenvalue weighted by molar-refractivity contribution is 5.47. The molecule has 0 saturated carbocycles. The largest absolute Gasteiger partial charge is 0.504 e. The second kappa shape index (κ2) is 2.93. The number of rotatable bonds is 0. The number of hydrogen-bond acceptors (Lipinski definition) is 3. The van der Waals surface area contributed by atoms with Gasteiger partial charge in [0.15, 0.2) is 17.2 Å². The monoisotopic (exact) mass is 143 g/mol. The molecule has 4 N–H and O–H groups in total. The van der Waals surface area contributed by atoms with Crippen molar-refractivity contribution in [1.82, 2.24) is 0 Å². The molecule has 1 aromatic carbocycles. The zero-order valence-corrected chi connectivity index (χ0v) is 5.02. The van der Waals surface area contributed by atoms with E-state index in [-0.39, 0.29) is 17.0 Å². The van der Waals surface area contributed by atoms with Gasteiger partial charge < -0.3 is 15.3 Å². The molecule has 0 aliphatic rings. The summed E-state index contributed by atoms with van der Waals surface area (Å²) in [7, 11) is 0. The predicted molar refractivity (Wildman–Crippen MR) is 33.4 cm³/mol. The van der Waals surface area contributed by atoms with Crippen LogP contribution in [0.2, 0.25) is 0 Å². The third kappa shape index (κ3) is 1.29. The van der Waals surface area contributed by atoms with Gasteiger partial charge in [0.2, 0.25) is 0 Å². The second-order valence-corrected chi connectivity index (χ2v) is 1.64. The zero-order chi connectivity index (χ0) is 6.85. The summed E-state index contributed by atoms with van der Waals surface area (Å²) in [5.41, 5.74) is 0. The van der Waals surface area contributed by atoms with E-state index in [2.05, 4.69) is 0 Å². The van der Waals surface area contributed by atoms with Crippen molar-refractivity contribution in [1.29, 1.82) is 0 Å². The molecule has 55 valence electrons. The van der Waals surface area contributed by atoms with E-state index in [1.165, 1.54) is 18.2 Å². The van der Waals surface area contributed by atoms with E-state index in [0.717, 1.165) is 0 Å². The van der Waals surface area contributed by atoms with Gasteiger partial charge in [-0.3, -0.25) is 5.48 Å². The van der Waals surface area contributed by atoms with Crippen molar-refractivity contribution in [2.24, 2.45) is 0 Å². The Kier molecular flexibility index (Phi) is 2.52. The fraction of sp³-hybridized carbons (Fsp3) is 0. The summed E-state index contributed by atoms with van der Waals surface area (Å²) in [6, 6.07) is 4.01. The second-order valence-electron chi connectivity index (χ2n) is 1.64. The molecule has 1 rings (SSSR count). The fourth-order valence-corrected chi connectivity index (χ4v) is 0.519. The van der Waals surface area contributed by atoms with Gasteiger partial charge in [0.1, 0.15) is 0 Å². The Morgan fingerprint density at radius 3 is 1.60 bits per heavy atom. The Morgan fingerprint density at radius 1 is 0.900 bits per heavy atom. The SMILES string of the molecule is Oc1cccc(O)c1O.[OH]. The molecule has 0 spiro atoms. The van der Waals surface area contributed by atoms with Crippen LogP contribution in [-0.4, -0.2) is 20.8 Å². The summed E-state index contributed by atoms with van der Waals surface area (Å²) in [4.78, 5) is 0. The fourth-order valence-electron chi connectivity index (χ4n) is 0.519. The van der Waals surface area contributed by atoms with E-state index in [1.807, 2.05) is 0 Å². The molecule has 0 aromatic heterocycles. The molecule has 0 unspecified atom stereocenters. The highest BCUT2D eigenvalue weighted by Crippen LogP contribution is 2.32. The van der Waals surface area contributed by atoms with Crippen LogP contribution in [0.1, 0.15) is 0 Å². The van der Waals surface area contributed by atoms with Gasteiger partial charge in [-0.1, -0.05) is 6.07 Å². The Hall–Kier alpha value is -1.42. The highest BCUT2D eigenvalue weighted by Gasteiger charge is 2.00. The van der Waals surface area contributed by atoms with Gasteiger partial charge in [-0.25, -0.2) is 0 Å². The molecule has 0 fully saturated rings. The van der Waals surface area contributed by atoms with Crippen molar-refractivity contribution in [2.75, 3.05) is 0 Å². The van der Waals surface area contributed by atoms with Crippen LogP contribution in [-0.2, 0) is 0 Å². The highest BCUT2D eigenvalue weighted by atomic mass is 16.3. The summed E-state index contributed by atoms with van der Waals surface area (Å²) in [6.07, 6.45) is 0. The summed E-state index contributed by atoms with van der Waals surface area (Å²) in [6.45, 7) is 0. The van der Waals surface area contributed by atoms with Crippen molar-refractivity contribution < 1.29 is 20.8 Å². The van der Waals surface area contributed by atoms with Gasteiger partial charge in [0.25, 0.3) is 0 Å². The maximum atomic E-state index is 8.71. The molecule has 0 bridgehead atoms. The lowest BCUT2D eigenvalue weighted by molar-refractivity contribution is 0.368. The normalized spacial score (nSPS) is 8.40. The van der Waals surface area contributed by atoms with E-state index in [1.54, 1.807) is 0 Å². The van der Waals surface area contributed by atoms with Gasteiger partial charge in [-0.05, 0) is 12.1 Å². The third-order valence-electron chi connectivity index (χ3n) is 0.993. The average molecular weight is 143 g/mol. The third-order valence-corrected chi connectivity index (χ3v) is 0.993. The molecule has 1 radical (unpaired) electrons. The van der Waals surface area contributed by atoms with Crippen LogP contribution in [0.25, 0.3) is 0 Å². The summed E-state index contributed by atoms with van der Waals surface area (Å²) >= 11 is 0. The lowest BCUT2D eigenvalue weighted by Crippen LogP contribution is -1.67. The van der Waals surface area contributed by atoms with E-state index < -0.39 is 5.75 Å². The van der Waals surface area contributed by atoms with Crippen molar-refractivity contribution in [3.8, 4) is 17.2 Å². The van der Waals surface area contributed by atoms with E-state index >= 15 is 0 Å². The topological polar surface area (TPSA) is 90.7 Å². The van der Waals surface area contributed by atoms with Gasteiger partial charge >= 0.3 is 0 Å². The quantitative estimate of drug-likeness (QED) is 0.401. The first-order valence-corrected chi connectivity index (χ1v) is 2.41. The Balaban J connectivity index is 0.000000810. The smallest absolute Gasteiger partial charge is 0.200 e. The van der Waals surface area contributed by atoms with Crippen LogP contribution in [0.4, 0.5) is 0 Å². The van der Waals surface area contributed by atoms with Gasteiger partial charge in [0.05, 0.1) is 0 Å². The number of para-hydroxylation sites is 1.